The summed E-state index contributed by atoms with van der Waals surface area (Å²) in [4.78, 5) is 47.7. The summed E-state index contributed by atoms with van der Waals surface area (Å²) in [6.07, 6.45) is -0.172. The zero-order chi connectivity index (χ0) is 31.3. The fourth-order valence-corrected chi connectivity index (χ4v) is 6.42. The van der Waals surface area contributed by atoms with Crippen molar-refractivity contribution in [2.24, 2.45) is 0 Å². The van der Waals surface area contributed by atoms with Crippen molar-refractivity contribution in [3.63, 3.8) is 0 Å². The van der Waals surface area contributed by atoms with E-state index in [1.165, 1.54) is 31.6 Å². The number of thiophene rings is 2. The van der Waals surface area contributed by atoms with Gasteiger partial charge in [0.05, 0.1) is 30.4 Å². The van der Waals surface area contributed by atoms with E-state index in [1.54, 1.807) is 46.9 Å². The lowest BCUT2D eigenvalue weighted by molar-refractivity contribution is -0.137. The van der Waals surface area contributed by atoms with Crippen LogP contribution in [0.1, 0.15) is 45.0 Å². The van der Waals surface area contributed by atoms with Crippen LogP contribution in [0.3, 0.4) is 0 Å². The first-order valence-electron chi connectivity index (χ1n) is 12.8. The van der Waals surface area contributed by atoms with Gasteiger partial charge in [-0.05, 0) is 51.7 Å². The molecule has 4 aromatic rings. The van der Waals surface area contributed by atoms with E-state index in [-0.39, 0.29) is 71.1 Å². The molecule has 0 fully saturated rings. The molecule has 0 bridgehead atoms. The fourth-order valence-electron chi connectivity index (χ4n) is 4.05. The summed E-state index contributed by atoms with van der Waals surface area (Å²) >= 11 is 4.00. The topological polar surface area (TPSA) is 125 Å². The van der Waals surface area contributed by atoms with Gasteiger partial charge in [-0.2, -0.15) is 0 Å². The number of hydrogen-bond acceptors (Lipinski definition) is 10. The molecule has 226 valence electrons. The minimum Gasteiger partial charge on any atom is -0.493 e. The minimum absolute atomic E-state index is 0.00914. The number of hydrogen-bond donors (Lipinski definition) is 1. The molecule has 0 aliphatic heterocycles. The number of ketones is 2. The number of halogens is 2. The Bertz CT molecular complexity index is 1740. The van der Waals surface area contributed by atoms with E-state index in [1.807, 2.05) is 0 Å². The van der Waals surface area contributed by atoms with Crippen LogP contribution in [0.25, 0.3) is 20.2 Å². The number of ether oxygens (including phenoxy) is 4. The van der Waals surface area contributed by atoms with E-state index in [0.717, 1.165) is 21.4 Å². The van der Waals surface area contributed by atoms with Gasteiger partial charge in [0.25, 0.3) is 0 Å². The van der Waals surface area contributed by atoms with Crippen molar-refractivity contribution in [2.75, 3.05) is 27.4 Å². The molecule has 0 saturated heterocycles. The fraction of sp³-hybridized carbons (Fsp3) is 0.267. The first-order valence-corrected chi connectivity index (χ1v) is 15.5. The van der Waals surface area contributed by atoms with E-state index < -0.39 is 11.8 Å². The lowest BCUT2D eigenvalue weighted by atomic mass is 10.1. The maximum Gasteiger partial charge on any atom is 0.303 e. The molecule has 0 spiro atoms. The summed E-state index contributed by atoms with van der Waals surface area (Å²) in [5.41, 5.74) is 0.475. The monoisotopic (exact) mass is 740 g/mol. The molecule has 43 heavy (non-hydrogen) atoms. The summed E-state index contributed by atoms with van der Waals surface area (Å²) in [6.45, 7) is 3.87. The van der Waals surface area contributed by atoms with Crippen LogP contribution in [-0.2, 0) is 9.59 Å². The number of carbonyl (C=O) groups excluding carboxylic acids is 3. The summed E-state index contributed by atoms with van der Waals surface area (Å²) in [6, 6.07) is 8.19. The third kappa shape index (κ3) is 7.89. The highest BCUT2D eigenvalue weighted by Gasteiger charge is 2.21. The molecule has 0 aliphatic carbocycles. The van der Waals surface area contributed by atoms with E-state index >= 15 is 4.39 Å². The molecule has 2 aromatic carbocycles. The van der Waals surface area contributed by atoms with Crippen LogP contribution in [0.2, 0.25) is 0 Å². The molecule has 0 radical (unpaired) electrons. The van der Waals surface area contributed by atoms with Gasteiger partial charge in [0, 0.05) is 46.2 Å². The van der Waals surface area contributed by atoms with Gasteiger partial charge in [0.2, 0.25) is 0 Å². The highest BCUT2D eigenvalue weighted by molar-refractivity contribution is 14.1. The molecule has 0 atom stereocenters. The van der Waals surface area contributed by atoms with Crippen LogP contribution in [0.15, 0.2) is 42.5 Å². The Morgan fingerprint density at radius 2 is 1.42 bits per heavy atom. The number of benzene rings is 2. The maximum absolute atomic E-state index is 15.5. The maximum atomic E-state index is 15.5. The molecule has 0 saturated carbocycles. The predicted molar refractivity (Wildman–Crippen MR) is 171 cm³/mol. The van der Waals surface area contributed by atoms with Crippen molar-refractivity contribution in [1.29, 1.82) is 0 Å². The Hall–Kier alpha value is -3.56. The number of fused-ring (bicyclic) bond motifs is 2. The summed E-state index contributed by atoms with van der Waals surface area (Å²) in [5.74, 6) is -1.37. The first kappa shape index (κ1) is 32.4. The van der Waals surface area contributed by atoms with Crippen LogP contribution in [-0.4, -0.2) is 53.9 Å². The van der Waals surface area contributed by atoms with Crippen molar-refractivity contribution in [3.8, 4) is 23.0 Å². The Kier molecular flexibility index (Phi) is 10.7. The van der Waals surface area contributed by atoms with Gasteiger partial charge in [0.15, 0.2) is 44.2 Å². The Morgan fingerprint density at radius 1 is 0.814 bits per heavy atom. The van der Waals surface area contributed by atoms with Crippen molar-refractivity contribution >= 4 is 86.8 Å². The van der Waals surface area contributed by atoms with Gasteiger partial charge >= 0.3 is 5.97 Å². The Balaban J connectivity index is 1.44. The second-order valence-electron chi connectivity index (χ2n) is 9.32. The number of rotatable bonds is 16. The molecular weight excluding hydrogens is 714 g/mol. The van der Waals surface area contributed by atoms with Crippen LogP contribution < -0.4 is 18.9 Å². The Labute approximate surface area is 267 Å². The SMILES string of the molecule is C=C(COc1cc2cc(C(=O)CCC(=O)O)sc2cc1OC)COc1c(OC)cc2sc(C(=O)CCC(=O)I)cc2c1F. The molecule has 1 N–H and O–H groups in total. The second-order valence-corrected chi connectivity index (χ2v) is 12.7. The van der Waals surface area contributed by atoms with E-state index in [9.17, 15) is 19.2 Å². The third-order valence-corrected chi connectivity index (χ3v) is 9.02. The molecule has 4 rings (SSSR count). The minimum atomic E-state index is -1.04. The van der Waals surface area contributed by atoms with Gasteiger partial charge in [-0.1, -0.05) is 6.58 Å². The molecule has 0 amide bonds. The zero-order valence-corrected chi connectivity index (χ0v) is 26.9. The van der Waals surface area contributed by atoms with Crippen molar-refractivity contribution in [3.05, 3.63) is 58.1 Å². The van der Waals surface area contributed by atoms with E-state index in [0.29, 0.717) is 31.5 Å². The number of carboxylic acid groups (broad SMARTS) is 1. The summed E-state index contributed by atoms with van der Waals surface area (Å²) in [7, 11) is 2.87. The number of carboxylic acids is 1. The van der Waals surface area contributed by atoms with Crippen LogP contribution in [0.5, 0.6) is 23.0 Å². The van der Waals surface area contributed by atoms with Gasteiger partial charge in [-0.15, -0.1) is 22.7 Å². The van der Waals surface area contributed by atoms with Crippen LogP contribution in [0, 0.1) is 5.82 Å². The lowest BCUT2D eigenvalue weighted by Gasteiger charge is -2.15. The van der Waals surface area contributed by atoms with Gasteiger partial charge in [-0.3, -0.25) is 19.2 Å². The van der Waals surface area contributed by atoms with Crippen molar-refractivity contribution in [2.45, 2.75) is 25.7 Å². The van der Waals surface area contributed by atoms with Gasteiger partial charge in [-0.25, -0.2) is 4.39 Å². The van der Waals surface area contributed by atoms with Crippen LogP contribution >= 0.6 is 45.3 Å². The van der Waals surface area contributed by atoms with Crippen molar-refractivity contribution in [1.82, 2.24) is 0 Å². The third-order valence-electron chi connectivity index (χ3n) is 6.22. The lowest BCUT2D eigenvalue weighted by Crippen LogP contribution is -2.10. The molecule has 0 unspecified atom stereocenters. The second kappa shape index (κ2) is 14.3. The van der Waals surface area contributed by atoms with Gasteiger partial charge in [0.1, 0.15) is 13.2 Å². The van der Waals surface area contributed by atoms with E-state index in [4.69, 9.17) is 24.1 Å². The average molecular weight is 741 g/mol. The molecule has 0 aliphatic rings. The molecule has 2 aromatic heterocycles. The number of methoxy groups -OCH3 is 2. The molecule has 9 nitrogen and oxygen atoms in total. The first-order chi connectivity index (χ1) is 20.5. The predicted octanol–water partition coefficient (Wildman–Crippen LogP) is 7.26. The smallest absolute Gasteiger partial charge is 0.303 e. The largest absolute Gasteiger partial charge is 0.493 e. The quantitative estimate of drug-likeness (QED) is 0.0547. The normalized spacial score (nSPS) is 11.0. The van der Waals surface area contributed by atoms with Crippen molar-refractivity contribution < 1.29 is 47.6 Å². The highest BCUT2D eigenvalue weighted by Crippen LogP contribution is 2.41. The number of aliphatic carboxylic acids is 1. The highest BCUT2D eigenvalue weighted by atomic mass is 127. The van der Waals surface area contributed by atoms with Crippen LogP contribution in [0.4, 0.5) is 4.39 Å². The van der Waals surface area contributed by atoms with E-state index in [2.05, 4.69) is 6.58 Å². The average Bonchev–Trinajstić information content (AvgIpc) is 3.60. The Morgan fingerprint density at radius 3 is 2.07 bits per heavy atom. The molecular formula is C30H26FIO9S2. The standard InChI is InChI=1S/C30H26FIO9S2/c1-15(13-40-21-8-16-9-25(19(34)5-7-28(36)37)42-23(16)11-20(21)38-2)14-41-30-22(39-3)12-24-17(29(30)31)10-26(43-24)18(33)4-6-27(32)35/h8-12H,1,4-7,13-14H2,2-3H3,(H,36,37). The summed E-state index contributed by atoms with van der Waals surface area (Å²) < 4.78 is 39.1. The zero-order valence-electron chi connectivity index (χ0n) is 23.1. The molecule has 13 heteroatoms. The number of carbonyl (C=O) groups is 4. The summed E-state index contributed by atoms with van der Waals surface area (Å²) in [5, 5.41) is 9.79. The number of Topliss-reactive ketones (excluding diaryl/α,β-unsaturated/α-hetero) is 2. The molecule has 2 heterocycles. The van der Waals surface area contributed by atoms with Gasteiger partial charge < -0.3 is 24.1 Å².